The van der Waals surface area contributed by atoms with Crippen molar-refractivity contribution in [3.63, 3.8) is 0 Å². The van der Waals surface area contributed by atoms with Gasteiger partial charge in [-0.15, -0.1) is 0 Å². The van der Waals surface area contributed by atoms with Crippen LogP contribution in [0.5, 0.6) is 5.75 Å². The summed E-state index contributed by atoms with van der Waals surface area (Å²) in [5.74, 6) is 0.0806. The van der Waals surface area contributed by atoms with Gasteiger partial charge in [-0.2, -0.15) is 0 Å². The molecule has 0 spiro atoms. The van der Waals surface area contributed by atoms with Crippen LogP contribution in [0, 0.1) is 5.92 Å². The van der Waals surface area contributed by atoms with E-state index in [2.05, 4.69) is 10.3 Å². The van der Waals surface area contributed by atoms with Crippen molar-refractivity contribution in [2.24, 2.45) is 5.92 Å². The summed E-state index contributed by atoms with van der Waals surface area (Å²) >= 11 is 6.54. The van der Waals surface area contributed by atoms with Crippen molar-refractivity contribution in [3.05, 3.63) is 63.7 Å². The van der Waals surface area contributed by atoms with Crippen LogP contribution >= 0.6 is 11.6 Å². The Morgan fingerprint density at radius 2 is 1.93 bits per heavy atom. The van der Waals surface area contributed by atoms with Crippen LogP contribution in [0.1, 0.15) is 30.8 Å². The van der Waals surface area contributed by atoms with Crippen LogP contribution in [-0.4, -0.2) is 20.6 Å². The van der Waals surface area contributed by atoms with Crippen LogP contribution in [0.25, 0.3) is 10.8 Å². The molecule has 0 unspecified atom stereocenters. The smallest absolute Gasteiger partial charge is 0.275 e. The topological polar surface area (TPSA) is 84.2 Å². The highest BCUT2D eigenvalue weighted by atomic mass is 35.5. The lowest BCUT2D eigenvalue weighted by Gasteiger charge is -2.17. The number of pyridine rings is 2. The maximum Gasteiger partial charge on any atom is 0.275 e. The number of carbonyl (C=O) groups excluding carboxylic acids is 1. The second-order valence-electron chi connectivity index (χ2n) is 6.70. The monoisotopic (exact) mass is 385 g/mol. The number of amides is 1. The van der Waals surface area contributed by atoms with Gasteiger partial charge in [0.15, 0.2) is 0 Å². The maximum absolute atomic E-state index is 13.0. The van der Waals surface area contributed by atoms with E-state index >= 15 is 0 Å². The largest absolute Gasteiger partial charge is 0.506 e. The molecular weight excluding hydrogens is 366 g/mol. The minimum absolute atomic E-state index is 0.00872. The molecule has 0 radical (unpaired) electrons. The number of hydrogen-bond donors (Lipinski definition) is 2. The Labute approximate surface area is 161 Å². The Kier molecular flexibility index (Phi) is 5.46. The molecule has 3 rings (SSSR count). The van der Waals surface area contributed by atoms with E-state index in [4.69, 9.17) is 11.6 Å². The standard InChI is InChI=1S/C20H20ClN3O3/c1-12(2)9-10-24-18(19(26)23-16-8-7-13(25)11-22-16)17(21)14-5-3-4-6-15(14)20(24)27/h3-8,11-12,25H,9-10H2,1-2H3,(H,22,23,26). The molecule has 140 valence electrons. The van der Waals surface area contributed by atoms with E-state index in [0.717, 1.165) is 6.42 Å². The Bertz CT molecular complexity index is 1040. The maximum atomic E-state index is 13.0. The Morgan fingerprint density at radius 1 is 1.22 bits per heavy atom. The first-order chi connectivity index (χ1) is 12.9. The molecule has 0 saturated heterocycles. The number of halogens is 1. The van der Waals surface area contributed by atoms with E-state index in [1.807, 2.05) is 13.8 Å². The molecule has 1 amide bonds. The summed E-state index contributed by atoms with van der Waals surface area (Å²) in [4.78, 5) is 29.9. The zero-order chi connectivity index (χ0) is 19.6. The quantitative estimate of drug-likeness (QED) is 0.693. The summed E-state index contributed by atoms with van der Waals surface area (Å²) in [5.41, 5.74) is -0.143. The summed E-state index contributed by atoms with van der Waals surface area (Å²) < 4.78 is 1.43. The second-order valence-corrected chi connectivity index (χ2v) is 7.08. The number of carbonyl (C=O) groups is 1. The van der Waals surface area contributed by atoms with E-state index in [9.17, 15) is 14.7 Å². The minimum Gasteiger partial charge on any atom is -0.506 e. The highest BCUT2D eigenvalue weighted by molar-refractivity contribution is 6.38. The summed E-state index contributed by atoms with van der Waals surface area (Å²) in [6, 6.07) is 9.86. The van der Waals surface area contributed by atoms with Gasteiger partial charge in [-0.1, -0.05) is 43.6 Å². The van der Waals surface area contributed by atoms with Gasteiger partial charge in [-0.3, -0.25) is 9.59 Å². The first kappa shape index (κ1) is 18.9. The molecule has 0 aliphatic carbocycles. The molecule has 0 bridgehead atoms. The SMILES string of the molecule is CC(C)CCn1c(C(=O)Nc2ccc(O)cn2)c(Cl)c2ccccc2c1=O. The third-order valence-electron chi connectivity index (χ3n) is 4.25. The fraction of sp³-hybridized carbons (Fsp3) is 0.250. The van der Waals surface area contributed by atoms with Crippen molar-refractivity contribution >= 4 is 34.1 Å². The van der Waals surface area contributed by atoms with Crippen molar-refractivity contribution in [2.75, 3.05) is 5.32 Å². The number of nitrogens with zero attached hydrogens (tertiary/aromatic N) is 2. The molecular formula is C20H20ClN3O3. The number of nitrogens with one attached hydrogen (secondary N) is 1. The lowest BCUT2D eigenvalue weighted by atomic mass is 10.1. The van der Waals surface area contributed by atoms with Crippen molar-refractivity contribution in [3.8, 4) is 5.75 Å². The average molecular weight is 386 g/mol. The number of hydrogen-bond acceptors (Lipinski definition) is 4. The first-order valence-electron chi connectivity index (χ1n) is 8.66. The van der Waals surface area contributed by atoms with Gasteiger partial charge in [0.1, 0.15) is 17.3 Å². The molecule has 2 N–H and O–H groups in total. The van der Waals surface area contributed by atoms with Crippen molar-refractivity contribution in [1.29, 1.82) is 0 Å². The third-order valence-corrected chi connectivity index (χ3v) is 4.63. The van der Waals surface area contributed by atoms with E-state index in [1.165, 1.54) is 22.9 Å². The normalized spacial score (nSPS) is 11.1. The number of aromatic hydroxyl groups is 1. The van der Waals surface area contributed by atoms with Crippen molar-refractivity contribution < 1.29 is 9.90 Å². The molecule has 3 aromatic rings. The van der Waals surface area contributed by atoms with Gasteiger partial charge in [0.25, 0.3) is 11.5 Å². The molecule has 6 nitrogen and oxygen atoms in total. The molecule has 0 saturated carbocycles. The molecule has 0 atom stereocenters. The predicted molar refractivity (Wildman–Crippen MR) is 107 cm³/mol. The van der Waals surface area contributed by atoms with Gasteiger partial charge >= 0.3 is 0 Å². The van der Waals surface area contributed by atoms with Crippen molar-refractivity contribution in [1.82, 2.24) is 9.55 Å². The number of rotatable bonds is 5. The molecule has 27 heavy (non-hydrogen) atoms. The van der Waals surface area contributed by atoms with Gasteiger partial charge < -0.3 is 15.0 Å². The molecule has 0 fully saturated rings. The van der Waals surface area contributed by atoms with Crippen LogP contribution in [0.4, 0.5) is 5.82 Å². The van der Waals surface area contributed by atoms with Gasteiger partial charge in [-0.25, -0.2) is 4.98 Å². The summed E-state index contributed by atoms with van der Waals surface area (Å²) in [7, 11) is 0. The van der Waals surface area contributed by atoms with Gasteiger partial charge in [-0.05, 0) is 30.5 Å². The number of aromatic nitrogens is 2. The lowest BCUT2D eigenvalue weighted by molar-refractivity contribution is 0.101. The van der Waals surface area contributed by atoms with Crippen LogP contribution in [-0.2, 0) is 6.54 Å². The highest BCUT2D eigenvalue weighted by Gasteiger charge is 2.21. The average Bonchev–Trinajstić information content (AvgIpc) is 2.65. The van der Waals surface area contributed by atoms with E-state index < -0.39 is 5.91 Å². The van der Waals surface area contributed by atoms with E-state index in [0.29, 0.717) is 23.2 Å². The van der Waals surface area contributed by atoms with Crippen LogP contribution in [0.3, 0.4) is 0 Å². The second kappa shape index (κ2) is 7.80. The summed E-state index contributed by atoms with van der Waals surface area (Å²) in [6.07, 6.45) is 1.95. The predicted octanol–water partition coefficient (Wildman–Crippen LogP) is 4.05. The molecule has 1 aromatic carbocycles. The first-order valence-corrected chi connectivity index (χ1v) is 9.03. The lowest BCUT2D eigenvalue weighted by Crippen LogP contribution is -2.30. The van der Waals surface area contributed by atoms with E-state index in [1.54, 1.807) is 24.3 Å². The zero-order valence-electron chi connectivity index (χ0n) is 15.1. The Balaban J connectivity index is 2.12. The zero-order valence-corrected chi connectivity index (χ0v) is 15.8. The van der Waals surface area contributed by atoms with Crippen LogP contribution in [0.2, 0.25) is 5.02 Å². The summed E-state index contributed by atoms with van der Waals surface area (Å²) in [6.45, 7) is 4.48. The van der Waals surface area contributed by atoms with Gasteiger partial charge in [0, 0.05) is 17.3 Å². The number of benzene rings is 1. The van der Waals surface area contributed by atoms with Gasteiger partial charge in [0.2, 0.25) is 0 Å². The number of anilines is 1. The molecule has 7 heteroatoms. The molecule has 0 aliphatic rings. The fourth-order valence-corrected chi connectivity index (χ4v) is 3.17. The van der Waals surface area contributed by atoms with Crippen LogP contribution in [0.15, 0.2) is 47.4 Å². The fourth-order valence-electron chi connectivity index (χ4n) is 2.81. The molecule has 0 aliphatic heterocycles. The highest BCUT2D eigenvalue weighted by Crippen LogP contribution is 2.26. The minimum atomic E-state index is -0.523. The number of fused-ring (bicyclic) bond motifs is 1. The molecule has 2 aromatic heterocycles. The van der Waals surface area contributed by atoms with Crippen molar-refractivity contribution in [2.45, 2.75) is 26.8 Å². The third kappa shape index (κ3) is 3.95. The Morgan fingerprint density at radius 3 is 2.56 bits per heavy atom. The van der Waals surface area contributed by atoms with Gasteiger partial charge in [0.05, 0.1) is 11.2 Å². The molecule has 2 heterocycles. The summed E-state index contributed by atoms with van der Waals surface area (Å²) in [5, 5.41) is 13.2. The Hall–Kier alpha value is -2.86. The van der Waals surface area contributed by atoms with Crippen LogP contribution < -0.4 is 10.9 Å². The van der Waals surface area contributed by atoms with E-state index in [-0.39, 0.29) is 27.8 Å².